The van der Waals surface area contributed by atoms with Gasteiger partial charge in [0.25, 0.3) is 0 Å². The topological polar surface area (TPSA) is 59.1 Å². The molecule has 4 nitrogen and oxygen atoms in total. The van der Waals surface area contributed by atoms with Crippen LogP contribution in [0.4, 0.5) is 5.69 Å². The molecule has 0 amide bonds. The van der Waals surface area contributed by atoms with Gasteiger partial charge >= 0.3 is 0 Å². The van der Waals surface area contributed by atoms with Crippen LogP contribution in [0, 0.1) is 6.92 Å². The Kier molecular flexibility index (Phi) is 4.54. The number of hydrogen-bond donors (Lipinski definition) is 1. The molecule has 1 N–H and O–H groups in total. The Bertz CT molecular complexity index is 743. The summed E-state index contributed by atoms with van der Waals surface area (Å²) in [5, 5.41) is 3.81. The van der Waals surface area contributed by atoms with Gasteiger partial charge in [-0.3, -0.25) is 0 Å². The van der Waals surface area contributed by atoms with E-state index in [1.807, 2.05) is 32.0 Å². The lowest BCUT2D eigenvalue weighted by atomic mass is 10.1. The summed E-state index contributed by atoms with van der Waals surface area (Å²) in [5.74, 6) is 0. The van der Waals surface area contributed by atoms with Gasteiger partial charge in [-0.05, 0) is 43.2 Å². The Morgan fingerprint density at radius 1 is 1.24 bits per heavy atom. The average molecular weight is 325 g/mol. The molecule has 21 heavy (non-hydrogen) atoms. The number of aromatic nitrogens is 1. The van der Waals surface area contributed by atoms with E-state index in [2.05, 4.69) is 10.3 Å². The molecule has 0 aliphatic rings. The zero-order valence-corrected chi connectivity index (χ0v) is 13.7. The third-order valence-corrected chi connectivity index (χ3v) is 4.73. The van der Waals surface area contributed by atoms with Crippen molar-refractivity contribution in [2.24, 2.45) is 0 Å². The Labute approximate surface area is 130 Å². The van der Waals surface area contributed by atoms with Crippen molar-refractivity contribution in [2.45, 2.75) is 24.8 Å². The Balaban J connectivity index is 2.16. The molecule has 1 atom stereocenters. The predicted molar refractivity (Wildman–Crippen MR) is 85.6 cm³/mol. The number of anilines is 1. The maximum atomic E-state index is 11.4. The second-order valence-electron chi connectivity index (χ2n) is 5.04. The van der Waals surface area contributed by atoms with Crippen molar-refractivity contribution in [3.63, 3.8) is 0 Å². The van der Waals surface area contributed by atoms with Gasteiger partial charge in [-0.25, -0.2) is 13.4 Å². The van der Waals surface area contributed by atoms with Crippen LogP contribution < -0.4 is 5.32 Å². The van der Waals surface area contributed by atoms with Gasteiger partial charge in [0.15, 0.2) is 9.84 Å². The lowest BCUT2D eigenvalue weighted by molar-refractivity contribution is 0.602. The van der Waals surface area contributed by atoms with E-state index >= 15 is 0 Å². The lowest BCUT2D eigenvalue weighted by Crippen LogP contribution is -2.07. The fraction of sp³-hybridized carbons (Fsp3) is 0.267. The molecule has 1 aromatic heterocycles. The SMILES string of the molecule is Cc1cc(NC(C)c2ccc(S(C)(=O)=O)cc2)cnc1Cl. The summed E-state index contributed by atoms with van der Waals surface area (Å²) in [6, 6.07) is 8.81. The number of halogens is 1. The van der Waals surface area contributed by atoms with Crippen LogP contribution in [0.5, 0.6) is 0 Å². The van der Waals surface area contributed by atoms with Crippen molar-refractivity contribution in [1.82, 2.24) is 4.98 Å². The van der Waals surface area contributed by atoms with Crippen molar-refractivity contribution in [1.29, 1.82) is 0 Å². The first-order valence-corrected chi connectivity index (χ1v) is 8.73. The average Bonchev–Trinajstić information content (AvgIpc) is 2.42. The number of hydrogen-bond acceptors (Lipinski definition) is 4. The quantitative estimate of drug-likeness (QED) is 0.873. The van der Waals surface area contributed by atoms with E-state index in [9.17, 15) is 8.42 Å². The molecule has 112 valence electrons. The summed E-state index contributed by atoms with van der Waals surface area (Å²) in [4.78, 5) is 4.42. The first-order chi connectivity index (χ1) is 9.77. The number of sulfone groups is 1. The van der Waals surface area contributed by atoms with Crippen LogP contribution in [0.15, 0.2) is 41.4 Å². The summed E-state index contributed by atoms with van der Waals surface area (Å²) >= 11 is 5.90. The largest absolute Gasteiger partial charge is 0.377 e. The second kappa shape index (κ2) is 6.03. The summed E-state index contributed by atoms with van der Waals surface area (Å²) in [7, 11) is -3.16. The summed E-state index contributed by atoms with van der Waals surface area (Å²) in [6.45, 7) is 3.89. The second-order valence-corrected chi connectivity index (χ2v) is 7.41. The monoisotopic (exact) mass is 324 g/mol. The van der Waals surface area contributed by atoms with Gasteiger partial charge in [0, 0.05) is 12.3 Å². The minimum absolute atomic E-state index is 0.0287. The van der Waals surface area contributed by atoms with Gasteiger partial charge in [0.05, 0.1) is 16.8 Å². The number of nitrogens with zero attached hydrogens (tertiary/aromatic N) is 1. The molecule has 0 saturated carbocycles. The van der Waals surface area contributed by atoms with Gasteiger partial charge in [-0.1, -0.05) is 23.7 Å². The highest BCUT2D eigenvalue weighted by Crippen LogP contribution is 2.22. The van der Waals surface area contributed by atoms with Gasteiger partial charge in [0.1, 0.15) is 5.15 Å². The highest BCUT2D eigenvalue weighted by atomic mass is 35.5. The van der Waals surface area contributed by atoms with Crippen LogP contribution in [0.1, 0.15) is 24.1 Å². The predicted octanol–water partition coefficient (Wildman–Crippen LogP) is 3.62. The molecule has 2 aromatic rings. The molecule has 1 unspecified atom stereocenters. The third-order valence-electron chi connectivity index (χ3n) is 3.21. The highest BCUT2D eigenvalue weighted by molar-refractivity contribution is 7.90. The maximum Gasteiger partial charge on any atom is 0.175 e. The van der Waals surface area contributed by atoms with Crippen LogP contribution in [0.2, 0.25) is 5.15 Å². The van der Waals surface area contributed by atoms with Crippen LogP contribution in [0.3, 0.4) is 0 Å². The van der Waals surface area contributed by atoms with E-state index in [-0.39, 0.29) is 6.04 Å². The molecule has 1 aromatic carbocycles. The van der Waals surface area contributed by atoms with Gasteiger partial charge in [0.2, 0.25) is 0 Å². The fourth-order valence-electron chi connectivity index (χ4n) is 1.97. The molecule has 0 saturated heterocycles. The van der Waals surface area contributed by atoms with Crippen molar-refractivity contribution in [3.05, 3.63) is 52.8 Å². The van der Waals surface area contributed by atoms with Crippen LogP contribution in [0.25, 0.3) is 0 Å². The fourth-order valence-corrected chi connectivity index (χ4v) is 2.71. The highest BCUT2D eigenvalue weighted by Gasteiger charge is 2.10. The molecule has 0 spiro atoms. The zero-order chi connectivity index (χ0) is 15.6. The summed E-state index contributed by atoms with van der Waals surface area (Å²) < 4.78 is 22.9. The summed E-state index contributed by atoms with van der Waals surface area (Å²) in [6.07, 6.45) is 2.88. The lowest BCUT2D eigenvalue weighted by Gasteiger charge is -2.16. The van der Waals surface area contributed by atoms with E-state index in [0.717, 1.165) is 16.8 Å². The van der Waals surface area contributed by atoms with Gasteiger partial charge in [-0.2, -0.15) is 0 Å². The van der Waals surface area contributed by atoms with Crippen LogP contribution >= 0.6 is 11.6 Å². The van der Waals surface area contributed by atoms with E-state index in [0.29, 0.717) is 10.0 Å². The normalized spacial score (nSPS) is 13.0. The maximum absolute atomic E-state index is 11.4. The molecule has 0 radical (unpaired) electrons. The van der Waals surface area contributed by atoms with Crippen LogP contribution in [-0.4, -0.2) is 19.7 Å². The zero-order valence-electron chi connectivity index (χ0n) is 12.1. The molecule has 0 fully saturated rings. The molecule has 0 aliphatic heterocycles. The Morgan fingerprint density at radius 3 is 2.38 bits per heavy atom. The Hall–Kier alpha value is -1.59. The van der Waals surface area contributed by atoms with Gasteiger partial charge < -0.3 is 5.32 Å². The summed E-state index contributed by atoms with van der Waals surface area (Å²) in [5.41, 5.74) is 2.77. The molecular weight excluding hydrogens is 308 g/mol. The van der Waals surface area contributed by atoms with Crippen LogP contribution in [-0.2, 0) is 9.84 Å². The minimum Gasteiger partial charge on any atom is -0.377 e. The van der Waals surface area contributed by atoms with Crippen molar-refractivity contribution >= 4 is 27.1 Å². The third kappa shape index (κ3) is 3.95. The van der Waals surface area contributed by atoms with Crippen molar-refractivity contribution < 1.29 is 8.42 Å². The molecular formula is C15H17ClN2O2S. The van der Waals surface area contributed by atoms with E-state index in [1.54, 1.807) is 18.3 Å². The standard InChI is InChI=1S/C15H17ClN2O2S/c1-10-8-13(9-17-15(10)16)18-11(2)12-4-6-14(7-5-12)21(3,19)20/h4-9,11,18H,1-3H3. The van der Waals surface area contributed by atoms with E-state index < -0.39 is 9.84 Å². The number of rotatable bonds is 4. The first kappa shape index (κ1) is 15.8. The van der Waals surface area contributed by atoms with Crippen molar-refractivity contribution in [3.8, 4) is 0 Å². The number of nitrogens with one attached hydrogen (secondary N) is 1. The molecule has 6 heteroatoms. The minimum atomic E-state index is -3.16. The Morgan fingerprint density at radius 2 is 1.86 bits per heavy atom. The van der Waals surface area contributed by atoms with Crippen molar-refractivity contribution in [2.75, 3.05) is 11.6 Å². The number of benzene rings is 1. The number of aryl methyl sites for hydroxylation is 1. The van der Waals surface area contributed by atoms with E-state index in [1.165, 1.54) is 6.26 Å². The molecule has 0 aliphatic carbocycles. The number of pyridine rings is 1. The van der Waals surface area contributed by atoms with Gasteiger partial charge in [-0.15, -0.1) is 0 Å². The molecule has 0 bridgehead atoms. The van der Waals surface area contributed by atoms with E-state index in [4.69, 9.17) is 11.6 Å². The molecule has 2 rings (SSSR count). The molecule has 1 heterocycles. The smallest absolute Gasteiger partial charge is 0.175 e. The first-order valence-electron chi connectivity index (χ1n) is 6.46.